The van der Waals surface area contributed by atoms with Crippen molar-refractivity contribution in [2.45, 2.75) is 5.51 Å². The van der Waals surface area contributed by atoms with Crippen LogP contribution in [0.5, 0.6) is 11.5 Å². The first-order valence-electron chi connectivity index (χ1n) is 8.01. The maximum Gasteiger partial charge on any atom is 0.534 e. The van der Waals surface area contributed by atoms with Crippen LogP contribution in [0.1, 0.15) is 8.22 Å². The molecule has 0 aromatic heterocycles. The lowest BCUT2D eigenvalue weighted by atomic mass is 10.3. The number of benzene rings is 2. The van der Waals surface area contributed by atoms with Crippen LogP contribution < -0.4 is 4.18 Å². The summed E-state index contributed by atoms with van der Waals surface area (Å²) in [7, 11) is -5.91. The summed E-state index contributed by atoms with van der Waals surface area (Å²) in [6.07, 6.45) is 0. The fourth-order valence-electron chi connectivity index (χ4n) is 0.806. The van der Waals surface area contributed by atoms with Crippen molar-refractivity contribution in [3.05, 3.63) is 60.5 Å². The molecule has 0 spiro atoms. The number of rotatable bonds is 2. The van der Waals surface area contributed by atoms with E-state index in [2.05, 4.69) is 4.18 Å². The largest absolute Gasteiger partial charge is 0.534 e. The third kappa shape index (κ3) is 5.74. The standard InChI is InChI=1S/C7H5F3O3S.C6H6O/c8-7(9,10)14(11,12)13-6-4-2-1-3-5-6;7-6-4-2-1-3-5-6/h1-5H;1-5,7H/i2*1D,4D,5D. The van der Waals surface area contributed by atoms with Crippen LogP contribution in [0.4, 0.5) is 13.2 Å². The van der Waals surface area contributed by atoms with Crippen molar-refractivity contribution in [3.8, 4) is 11.5 Å². The average molecular weight is 326 g/mol. The molecule has 0 saturated heterocycles. The van der Waals surface area contributed by atoms with Crippen molar-refractivity contribution in [2.24, 2.45) is 0 Å². The molecular weight excluding hydrogens is 309 g/mol. The summed E-state index contributed by atoms with van der Waals surface area (Å²) in [6.45, 7) is 0. The molecule has 0 aliphatic rings. The normalized spacial score (nSPS) is 15.2. The first kappa shape index (κ1) is 9.67. The van der Waals surface area contributed by atoms with Crippen LogP contribution in [0.15, 0.2) is 60.5 Å². The first-order chi connectivity index (χ1) is 12.2. The van der Waals surface area contributed by atoms with Crippen LogP contribution >= 0.6 is 0 Å². The molecule has 2 rings (SSSR count). The van der Waals surface area contributed by atoms with Crippen molar-refractivity contribution in [1.82, 2.24) is 0 Å². The number of para-hydroxylation sites is 2. The SMILES string of the molecule is [2H]c1cc([2H])c(O)c([2H])c1.[2H]c1cc([2H])c(OS(=O)(=O)C(F)(F)F)c([2H])c1. The summed E-state index contributed by atoms with van der Waals surface area (Å²) >= 11 is 0. The second-order valence-corrected chi connectivity index (χ2v) is 4.69. The van der Waals surface area contributed by atoms with Gasteiger partial charge in [0.2, 0.25) is 0 Å². The minimum absolute atomic E-state index is 0.0767. The highest BCUT2D eigenvalue weighted by atomic mass is 32.2. The predicted octanol–water partition coefficient (Wildman–Crippen LogP) is 3.31. The molecule has 0 heterocycles. The molecule has 0 fully saturated rings. The number of hydrogen-bond donors (Lipinski definition) is 1. The van der Waals surface area contributed by atoms with E-state index in [1.165, 1.54) is 12.1 Å². The molecule has 2 aromatic carbocycles. The maximum absolute atomic E-state index is 12.0. The van der Waals surface area contributed by atoms with Gasteiger partial charge in [0.15, 0.2) is 0 Å². The Morgan fingerprint density at radius 3 is 1.86 bits per heavy atom. The fraction of sp³-hybridized carbons (Fsp3) is 0.0769. The van der Waals surface area contributed by atoms with Gasteiger partial charge in [0, 0.05) is 0 Å². The molecule has 0 saturated carbocycles. The topological polar surface area (TPSA) is 63.6 Å². The Morgan fingerprint density at radius 2 is 1.43 bits per heavy atom. The van der Waals surface area contributed by atoms with Crippen molar-refractivity contribution in [1.29, 1.82) is 0 Å². The van der Waals surface area contributed by atoms with Gasteiger partial charge in [0.1, 0.15) is 11.5 Å². The Morgan fingerprint density at radius 1 is 1.00 bits per heavy atom. The molecule has 0 unspecified atom stereocenters. The molecule has 0 atom stereocenters. The number of hydrogen-bond acceptors (Lipinski definition) is 4. The number of phenols is 1. The van der Waals surface area contributed by atoms with E-state index in [9.17, 15) is 21.6 Å². The molecule has 0 radical (unpaired) electrons. The molecule has 21 heavy (non-hydrogen) atoms. The highest BCUT2D eigenvalue weighted by Crippen LogP contribution is 2.26. The van der Waals surface area contributed by atoms with Crippen LogP contribution in [0, 0.1) is 0 Å². The lowest BCUT2D eigenvalue weighted by molar-refractivity contribution is -0.0500. The zero-order chi connectivity index (χ0) is 21.2. The number of alkyl halides is 3. The Kier molecular flexibility index (Phi) is 3.21. The van der Waals surface area contributed by atoms with E-state index in [1.54, 1.807) is 0 Å². The zero-order valence-electron chi connectivity index (χ0n) is 16.0. The Hall–Kier alpha value is -2.22. The van der Waals surface area contributed by atoms with E-state index < -0.39 is 33.5 Å². The van der Waals surface area contributed by atoms with E-state index in [0.29, 0.717) is 0 Å². The first-order valence-corrected chi connectivity index (χ1v) is 6.42. The van der Waals surface area contributed by atoms with Crippen LogP contribution in [-0.2, 0) is 10.1 Å². The van der Waals surface area contributed by atoms with Gasteiger partial charge in [0.05, 0.1) is 8.22 Å². The smallest absolute Gasteiger partial charge is 0.508 e. The summed E-state index contributed by atoms with van der Waals surface area (Å²) in [5.41, 5.74) is -5.63. The van der Waals surface area contributed by atoms with E-state index in [1.807, 2.05) is 0 Å². The van der Waals surface area contributed by atoms with E-state index in [0.717, 1.165) is 12.1 Å². The molecule has 0 bridgehead atoms. The summed E-state index contributed by atoms with van der Waals surface area (Å²) in [5.74, 6) is -1.42. The van der Waals surface area contributed by atoms with Gasteiger partial charge in [-0.05, 0) is 24.2 Å². The molecule has 0 aliphatic heterocycles. The monoisotopic (exact) mass is 326 g/mol. The summed E-state index contributed by atoms with van der Waals surface area (Å²) in [5, 5.41) is 8.87. The molecule has 4 nitrogen and oxygen atoms in total. The number of phenolic OH excluding ortho intramolecular Hbond substituents is 1. The molecule has 8 heteroatoms. The minimum atomic E-state index is -5.91. The number of aromatic hydroxyl groups is 1. The number of halogens is 3. The van der Waals surface area contributed by atoms with Crippen molar-refractivity contribution in [3.63, 3.8) is 0 Å². The van der Waals surface area contributed by atoms with E-state index >= 15 is 0 Å². The van der Waals surface area contributed by atoms with Gasteiger partial charge in [-0.15, -0.1) is 0 Å². The van der Waals surface area contributed by atoms with Crippen LogP contribution in [-0.4, -0.2) is 19.0 Å². The third-order valence-corrected chi connectivity index (χ3v) is 2.59. The van der Waals surface area contributed by atoms with Crippen molar-refractivity contribution >= 4 is 10.1 Å². The van der Waals surface area contributed by atoms with Crippen LogP contribution in [0.2, 0.25) is 0 Å². The van der Waals surface area contributed by atoms with Gasteiger partial charge in [-0.1, -0.05) is 36.4 Å². The Balaban J connectivity index is 0.000000309. The highest BCUT2D eigenvalue weighted by Gasteiger charge is 2.48. The average Bonchev–Trinajstić information content (AvgIpc) is 2.48. The van der Waals surface area contributed by atoms with Gasteiger partial charge in [-0.2, -0.15) is 21.6 Å². The molecule has 1 N–H and O–H groups in total. The van der Waals surface area contributed by atoms with Gasteiger partial charge in [0.25, 0.3) is 0 Å². The van der Waals surface area contributed by atoms with Crippen molar-refractivity contribution in [2.75, 3.05) is 0 Å². The summed E-state index contributed by atoms with van der Waals surface area (Å²) in [4.78, 5) is 0. The Labute approximate surface area is 128 Å². The third-order valence-electron chi connectivity index (χ3n) is 1.63. The minimum Gasteiger partial charge on any atom is -0.508 e. The second-order valence-electron chi connectivity index (χ2n) is 3.15. The van der Waals surface area contributed by atoms with Crippen LogP contribution in [0.25, 0.3) is 0 Å². The highest BCUT2D eigenvalue weighted by molar-refractivity contribution is 7.87. The molecule has 2 aromatic rings. The predicted molar refractivity (Wildman–Crippen MR) is 70.2 cm³/mol. The zero-order valence-corrected chi connectivity index (χ0v) is 10.8. The lowest BCUT2D eigenvalue weighted by Gasteiger charge is -2.08. The molecule has 0 amide bonds. The van der Waals surface area contributed by atoms with Crippen molar-refractivity contribution < 1.29 is 39.1 Å². The fourth-order valence-corrected chi connectivity index (χ4v) is 1.22. The summed E-state index contributed by atoms with van der Waals surface area (Å²) in [6, 6.07) is 1.77. The second kappa shape index (κ2) is 6.98. The van der Waals surface area contributed by atoms with Gasteiger partial charge >= 0.3 is 15.6 Å². The lowest BCUT2D eigenvalue weighted by Crippen LogP contribution is -2.27. The van der Waals surface area contributed by atoms with Gasteiger partial charge in [-0.3, -0.25) is 0 Å². The molecule has 0 aliphatic carbocycles. The van der Waals surface area contributed by atoms with Gasteiger partial charge in [-0.25, -0.2) is 0 Å². The molecule has 114 valence electrons. The molecular formula is C13H11F3O4S. The van der Waals surface area contributed by atoms with Gasteiger partial charge < -0.3 is 9.29 Å². The Bertz CT molecular complexity index is 904. The van der Waals surface area contributed by atoms with E-state index in [4.69, 9.17) is 13.3 Å². The van der Waals surface area contributed by atoms with Crippen LogP contribution in [0.3, 0.4) is 0 Å². The quantitative estimate of drug-likeness (QED) is 0.679. The van der Waals surface area contributed by atoms with E-state index in [-0.39, 0.29) is 29.9 Å². The summed E-state index contributed by atoms with van der Waals surface area (Å²) < 4.78 is 103. The maximum atomic E-state index is 12.0.